The van der Waals surface area contributed by atoms with Gasteiger partial charge in [-0.1, -0.05) is 19.2 Å². The molecule has 0 unspecified atom stereocenters. The number of hydrogen-bond acceptors (Lipinski definition) is 2. The highest BCUT2D eigenvalue weighted by Gasteiger charge is 2.23. The molecule has 0 aromatic carbocycles. The molecule has 1 amide bonds. The summed E-state index contributed by atoms with van der Waals surface area (Å²) in [6, 6.07) is 0. The highest BCUT2D eigenvalue weighted by Crippen LogP contribution is 2.05. The predicted molar refractivity (Wildman–Crippen MR) is 58.4 cm³/mol. The lowest BCUT2D eigenvalue weighted by Gasteiger charge is -2.30. The summed E-state index contributed by atoms with van der Waals surface area (Å²) in [5.74, 6) is -0.356. The molecule has 5 heteroatoms. The van der Waals surface area contributed by atoms with Crippen molar-refractivity contribution in [3.8, 4) is 0 Å². The first-order valence-electron chi connectivity index (χ1n) is 3.90. The molecular weight excluding hydrogens is 164 g/mol. The SMILES string of the molecule is BC(B)(O)N(/C=C\C=C)C(=O)C=C. The maximum atomic E-state index is 11.2. The topological polar surface area (TPSA) is 40.5 Å². The Morgan fingerprint density at radius 1 is 1.46 bits per heavy atom. The summed E-state index contributed by atoms with van der Waals surface area (Å²) in [6.45, 7) is 6.81. The van der Waals surface area contributed by atoms with Crippen molar-refractivity contribution in [2.75, 3.05) is 0 Å². The Morgan fingerprint density at radius 2 is 2.00 bits per heavy atom. The largest absolute Gasteiger partial charge is 0.388 e. The molecule has 0 saturated heterocycles. The van der Waals surface area contributed by atoms with Crippen LogP contribution >= 0.6 is 0 Å². The molecule has 3 nitrogen and oxygen atoms in total. The minimum atomic E-state index is -1.23. The zero-order valence-corrected chi connectivity index (χ0v) is 8.03. The fraction of sp³-hybridized carbons (Fsp3) is 0.125. The molecule has 0 spiro atoms. The second-order valence-electron chi connectivity index (χ2n) is 2.98. The van der Waals surface area contributed by atoms with Gasteiger partial charge in [0, 0.05) is 6.20 Å². The Hall–Kier alpha value is -1.22. The summed E-state index contributed by atoms with van der Waals surface area (Å²) in [5, 5.41) is 9.58. The van der Waals surface area contributed by atoms with Gasteiger partial charge < -0.3 is 10.0 Å². The van der Waals surface area contributed by atoms with Crippen molar-refractivity contribution in [2.24, 2.45) is 0 Å². The van der Waals surface area contributed by atoms with Crippen LogP contribution in [0, 0.1) is 0 Å². The van der Waals surface area contributed by atoms with E-state index in [2.05, 4.69) is 13.2 Å². The third-order valence-corrected chi connectivity index (χ3v) is 1.37. The Kier molecular flexibility index (Phi) is 4.28. The van der Waals surface area contributed by atoms with Gasteiger partial charge in [0.1, 0.15) is 0 Å². The standard InChI is InChI=1S/C8H13B2NO2/c1-3-5-6-11(7(12)4-2)8(9,10)13/h3-6,13H,1-2,9-10H2/b6-5-. The van der Waals surface area contributed by atoms with Gasteiger partial charge in [0.25, 0.3) is 5.91 Å². The number of nitrogens with zero attached hydrogens (tertiary/aromatic N) is 1. The van der Waals surface area contributed by atoms with Gasteiger partial charge in [0.2, 0.25) is 0 Å². The summed E-state index contributed by atoms with van der Waals surface area (Å²) in [4.78, 5) is 12.4. The van der Waals surface area contributed by atoms with Gasteiger partial charge in [0.15, 0.2) is 15.7 Å². The van der Waals surface area contributed by atoms with Crippen molar-refractivity contribution < 1.29 is 9.90 Å². The number of hydrogen-bond donors (Lipinski definition) is 1. The molecule has 0 bridgehead atoms. The predicted octanol–water partition coefficient (Wildman–Crippen LogP) is -1.43. The molecule has 1 N–H and O–H groups in total. The molecule has 0 fully saturated rings. The van der Waals surface area contributed by atoms with Crippen molar-refractivity contribution in [3.63, 3.8) is 0 Å². The van der Waals surface area contributed by atoms with Crippen LogP contribution in [0.5, 0.6) is 0 Å². The summed E-state index contributed by atoms with van der Waals surface area (Å²) < 4.78 is 0. The summed E-state index contributed by atoms with van der Waals surface area (Å²) in [6.07, 6.45) is 5.69. The van der Waals surface area contributed by atoms with Crippen LogP contribution in [-0.4, -0.2) is 37.1 Å². The van der Waals surface area contributed by atoms with Gasteiger partial charge in [0.05, 0.1) is 5.52 Å². The number of amides is 1. The Labute approximate surface area is 80.2 Å². The zero-order valence-electron chi connectivity index (χ0n) is 8.03. The fourth-order valence-electron chi connectivity index (χ4n) is 0.771. The molecule has 0 aliphatic carbocycles. The highest BCUT2D eigenvalue weighted by molar-refractivity contribution is 6.39. The van der Waals surface area contributed by atoms with E-state index in [9.17, 15) is 9.90 Å². The van der Waals surface area contributed by atoms with Crippen LogP contribution in [0.2, 0.25) is 0 Å². The first-order valence-corrected chi connectivity index (χ1v) is 3.90. The van der Waals surface area contributed by atoms with Crippen LogP contribution < -0.4 is 0 Å². The Bertz CT molecular complexity index is 243. The maximum Gasteiger partial charge on any atom is 0.250 e. The van der Waals surface area contributed by atoms with E-state index in [-0.39, 0.29) is 5.91 Å². The molecule has 0 saturated carbocycles. The van der Waals surface area contributed by atoms with Crippen LogP contribution in [0.3, 0.4) is 0 Å². The van der Waals surface area contributed by atoms with E-state index in [0.29, 0.717) is 0 Å². The lowest BCUT2D eigenvalue weighted by molar-refractivity contribution is -0.129. The normalized spacial score (nSPS) is 11.2. The van der Waals surface area contributed by atoms with Crippen molar-refractivity contribution in [3.05, 3.63) is 37.6 Å². The minimum Gasteiger partial charge on any atom is -0.388 e. The highest BCUT2D eigenvalue weighted by atomic mass is 16.3. The first kappa shape index (κ1) is 11.8. The minimum absolute atomic E-state index is 0.356. The molecule has 0 aliphatic heterocycles. The zero-order chi connectivity index (χ0) is 10.5. The van der Waals surface area contributed by atoms with Crippen molar-refractivity contribution >= 4 is 21.6 Å². The van der Waals surface area contributed by atoms with Crippen molar-refractivity contribution in [1.82, 2.24) is 4.90 Å². The lowest BCUT2D eigenvalue weighted by Crippen LogP contribution is -2.49. The van der Waals surface area contributed by atoms with E-state index in [1.54, 1.807) is 6.08 Å². The molecular formula is C8H13B2NO2. The van der Waals surface area contributed by atoms with E-state index < -0.39 is 5.52 Å². The van der Waals surface area contributed by atoms with Crippen LogP contribution in [-0.2, 0) is 4.79 Å². The number of allylic oxidation sites excluding steroid dienone is 2. The molecule has 0 radical (unpaired) electrons. The van der Waals surface area contributed by atoms with Crippen LogP contribution in [0.1, 0.15) is 0 Å². The number of aliphatic hydroxyl groups is 1. The number of rotatable bonds is 4. The molecule has 0 aromatic rings. The quantitative estimate of drug-likeness (QED) is 0.247. The Balaban J connectivity index is 4.75. The molecule has 0 rings (SSSR count). The van der Waals surface area contributed by atoms with Crippen molar-refractivity contribution in [1.29, 1.82) is 0 Å². The fourth-order valence-corrected chi connectivity index (χ4v) is 0.771. The average molecular weight is 177 g/mol. The third kappa shape index (κ3) is 3.80. The molecule has 13 heavy (non-hydrogen) atoms. The third-order valence-electron chi connectivity index (χ3n) is 1.37. The average Bonchev–Trinajstić information content (AvgIpc) is 2.02. The van der Waals surface area contributed by atoms with Gasteiger partial charge in [-0.2, -0.15) is 0 Å². The summed E-state index contributed by atoms with van der Waals surface area (Å²) >= 11 is 0. The van der Waals surface area contributed by atoms with E-state index in [4.69, 9.17) is 0 Å². The van der Waals surface area contributed by atoms with E-state index >= 15 is 0 Å². The monoisotopic (exact) mass is 177 g/mol. The van der Waals surface area contributed by atoms with E-state index in [0.717, 1.165) is 6.08 Å². The number of carbonyl (C=O) groups is 1. The first-order chi connectivity index (χ1) is 5.93. The van der Waals surface area contributed by atoms with Gasteiger partial charge >= 0.3 is 0 Å². The van der Waals surface area contributed by atoms with Gasteiger partial charge in [-0.25, -0.2) is 0 Å². The van der Waals surface area contributed by atoms with E-state index in [1.807, 2.05) is 0 Å². The van der Waals surface area contributed by atoms with Gasteiger partial charge in [-0.05, 0) is 12.2 Å². The smallest absolute Gasteiger partial charge is 0.250 e. The number of carbonyl (C=O) groups excluding carboxylic acids is 1. The van der Waals surface area contributed by atoms with Gasteiger partial charge in [-0.3, -0.25) is 4.79 Å². The molecule has 68 valence electrons. The molecule has 0 aromatic heterocycles. The van der Waals surface area contributed by atoms with Crippen LogP contribution in [0.4, 0.5) is 0 Å². The molecule has 0 atom stereocenters. The van der Waals surface area contributed by atoms with Crippen molar-refractivity contribution in [2.45, 2.75) is 5.52 Å². The maximum absolute atomic E-state index is 11.2. The van der Waals surface area contributed by atoms with Crippen LogP contribution in [0.25, 0.3) is 0 Å². The second-order valence-corrected chi connectivity index (χ2v) is 2.98. The molecule has 0 aliphatic rings. The second kappa shape index (κ2) is 4.72. The van der Waals surface area contributed by atoms with E-state index in [1.165, 1.54) is 32.9 Å². The molecule has 0 heterocycles. The Morgan fingerprint density at radius 3 is 2.31 bits per heavy atom. The summed E-state index contributed by atoms with van der Waals surface area (Å²) in [7, 11) is 3.03. The summed E-state index contributed by atoms with van der Waals surface area (Å²) in [5.41, 5.74) is -1.23. The van der Waals surface area contributed by atoms with Gasteiger partial charge in [-0.15, -0.1) is 0 Å². The lowest BCUT2D eigenvalue weighted by atomic mass is 9.72. The van der Waals surface area contributed by atoms with Crippen LogP contribution in [0.15, 0.2) is 37.6 Å².